The summed E-state index contributed by atoms with van der Waals surface area (Å²) in [5.74, 6) is 0.178. The van der Waals surface area contributed by atoms with Gasteiger partial charge >= 0.3 is 0 Å². The van der Waals surface area contributed by atoms with Gasteiger partial charge in [0, 0.05) is 0 Å². The van der Waals surface area contributed by atoms with E-state index in [1.165, 1.54) is 10.9 Å². The van der Waals surface area contributed by atoms with Crippen LogP contribution in [0.3, 0.4) is 0 Å². The molecule has 3 aromatic rings. The molecule has 120 valence electrons. The molecule has 24 heavy (non-hydrogen) atoms. The monoisotopic (exact) mass is 340 g/mol. The van der Waals surface area contributed by atoms with Crippen molar-refractivity contribution in [3.05, 3.63) is 81.7 Å². The molecule has 0 unspecified atom stereocenters. The molecule has 0 radical (unpaired) electrons. The summed E-state index contributed by atoms with van der Waals surface area (Å²) in [5, 5.41) is 17.3. The molecule has 3 rings (SSSR count). The Morgan fingerprint density at radius 3 is 2.54 bits per heavy atom. The third-order valence-electron chi connectivity index (χ3n) is 3.21. The molecule has 2 aromatic carbocycles. The van der Waals surface area contributed by atoms with Crippen molar-refractivity contribution in [1.29, 1.82) is 0 Å². The zero-order valence-corrected chi connectivity index (χ0v) is 13.2. The number of phenolic OH excluding ortho intramolecular Hbond substituents is 1. The Hall–Kier alpha value is -3.12. The molecule has 6 nitrogen and oxygen atoms in total. The van der Waals surface area contributed by atoms with E-state index in [0.29, 0.717) is 11.4 Å². The number of hydrazone groups is 1. The number of phenols is 1. The van der Waals surface area contributed by atoms with Gasteiger partial charge in [-0.05, 0) is 42.0 Å². The predicted octanol–water partition coefficient (Wildman–Crippen LogP) is 3.04. The molecule has 0 atom stereocenters. The molecule has 7 heteroatoms. The maximum absolute atomic E-state index is 12.3. The lowest BCUT2D eigenvalue weighted by atomic mass is 10.2. The molecule has 1 aromatic heterocycles. The largest absolute Gasteiger partial charge is 0.508 e. The van der Waals surface area contributed by atoms with E-state index < -0.39 is 5.56 Å². The van der Waals surface area contributed by atoms with E-state index in [2.05, 4.69) is 15.6 Å². The Bertz CT molecular complexity index is 922. The fourth-order valence-electron chi connectivity index (χ4n) is 2.00. The van der Waals surface area contributed by atoms with Gasteiger partial charge in [-0.25, -0.2) is 0 Å². The van der Waals surface area contributed by atoms with Gasteiger partial charge in [0.05, 0.1) is 18.1 Å². The van der Waals surface area contributed by atoms with Crippen LogP contribution in [0.15, 0.2) is 70.7 Å². The molecule has 0 spiro atoms. The second-order valence-electron chi connectivity index (χ2n) is 4.89. The molecular formula is C17H13ClN4O2. The van der Waals surface area contributed by atoms with E-state index in [4.69, 9.17) is 11.6 Å². The van der Waals surface area contributed by atoms with Gasteiger partial charge in [0.1, 0.15) is 16.5 Å². The topological polar surface area (TPSA) is 79.5 Å². The number of para-hydroxylation sites is 1. The van der Waals surface area contributed by atoms with Crippen molar-refractivity contribution >= 4 is 23.5 Å². The molecule has 0 aliphatic carbocycles. The summed E-state index contributed by atoms with van der Waals surface area (Å²) >= 11 is 6.11. The maximum atomic E-state index is 12.3. The van der Waals surface area contributed by atoms with Crippen LogP contribution < -0.4 is 11.0 Å². The first kappa shape index (κ1) is 15.8. The van der Waals surface area contributed by atoms with Crippen molar-refractivity contribution in [2.24, 2.45) is 5.10 Å². The van der Waals surface area contributed by atoms with Gasteiger partial charge < -0.3 is 5.11 Å². The first-order valence-corrected chi connectivity index (χ1v) is 7.44. The van der Waals surface area contributed by atoms with Gasteiger partial charge in [-0.2, -0.15) is 14.9 Å². The Morgan fingerprint density at radius 1 is 1.12 bits per heavy atom. The van der Waals surface area contributed by atoms with Gasteiger partial charge in [0.15, 0.2) is 0 Å². The fraction of sp³-hybridized carbons (Fsp3) is 0. The normalized spacial score (nSPS) is 10.9. The molecule has 0 aliphatic rings. The number of halogens is 1. The third kappa shape index (κ3) is 3.44. The molecular weight excluding hydrogens is 328 g/mol. The summed E-state index contributed by atoms with van der Waals surface area (Å²) in [7, 11) is 0. The Kier molecular flexibility index (Phi) is 4.58. The van der Waals surface area contributed by atoms with E-state index in [1.54, 1.807) is 42.6 Å². The highest BCUT2D eigenvalue weighted by molar-refractivity contribution is 6.32. The minimum Gasteiger partial charge on any atom is -0.508 e. The summed E-state index contributed by atoms with van der Waals surface area (Å²) in [6.07, 6.45) is 2.98. The van der Waals surface area contributed by atoms with Crippen LogP contribution in [0.1, 0.15) is 5.56 Å². The van der Waals surface area contributed by atoms with E-state index in [9.17, 15) is 9.90 Å². The lowest BCUT2D eigenvalue weighted by Crippen LogP contribution is -2.22. The number of aromatic hydroxyl groups is 1. The molecule has 1 heterocycles. The van der Waals surface area contributed by atoms with Crippen LogP contribution in [-0.4, -0.2) is 21.1 Å². The summed E-state index contributed by atoms with van der Waals surface area (Å²) < 4.78 is 1.22. The van der Waals surface area contributed by atoms with Crippen LogP contribution in [-0.2, 0) is 0 Å². The number of aromatic nitrogens is 2. The van der Waals surface area contributed by atoms with Crippen molar-refractivity contribution in [3.63, 3.8) is 0 Å². The number of nitrogens with zero attached hydrogens (tertiary/aromatic N) is 3. The number of nitrogens with one attached hydrogen (secondary N) is 1. The smallest absolute Gasteiger partial charge is 0.292 e. The molecule has 0 fully saturated rings. The average Bonchev–Trinajstić information content (AvgIpc) is 2.61. The average molecular weight is 341 g/mol. The standard InChI is InChI=1S/C17H13ClN4O2/c18-16-15(21-19-10-12-6-8-14(23)9-7-12)11-20-22(17(16)24)13-4-2-1-3-5-13/h1-11,21,23H/b19-10+. The number of anilines is 1. The maximum Gasteiger partial charge on any atom is 0.292 e. The van der Waals surface area contributed by atoms with Crippen LogP contribution >= 0.6 is 11.6 Å². The molecule has 0 saturated heterocycles. The van der Waals surface area contributed by atoms with Crippen molar-refractivity contribution in [2.75, 3.05) is 5.43 Å². The first-order chi connectivity index (χ1) is 11.6. The van der Waals surface area contributed by atoms with E-state index in [1.807, 2.05) is 18.2 Å². The van der Waals surface area contributed by atoms with Crippen molar-refractivity contribution in [3.8, 4) is 11.4 Å². The molecule has 2 N–H and O–H groups in total. The molecule has 0 bridgehead atoms. The number of hydrogen-bond acceptors (Lipinski definition) is 5. The highest BCUT2D eigenvalue weighted by Gasteiger charge is 2.09. The van der Waals surface area contributed by atoms with E-state index in [0.717, 1.165) is 5.56 Å². The minimum absolute atomic E-state index is 0.00305. The van der Waals surface area contributed by atoms with Crippen LogP contribution in [0.2, 0.25) is 5.02 Å². The highest BCUT2D eigenvalue weighted by atomic mass is 35.5. The quantitative estimate of drug-likeness (QED) is 0.565. The number of rotatable bonds is 4. The second kappa shape index (κ2) is 6.97. The molecule has 0 amide bonds. The second-order valence-corrected chi connectivity index (χ2v) is 5.26. The van der Waals surface area contributed by atoms with Crippen molar-refractivity contribution in [1.82, 2.24) is 9.78 Å². The van der Waals surface area contributed by atoms with Gasteiger partial charge in [0.2, 0.25) is 0 Å². The Labute approximate surface area is 142 Å². The SMILES string of the molecule is O=c1c(Cl)c(N/N=C/c2ccc(O)cc2)cnn1-c1ccccc1. The summed E-state index contributed by atoms with van der Waals surface area (Å²) in [4.78, 5) is 12.3. The summed E-state index contributed by atoms with van der Waals surface area (Å²) in [6, 6.07) is 15.5. The van der Waals surface area contributed by atoms with Crippen LogP contribution in [0.25, 0.3) is 5.69 Å². The number of hydrogen-bond donors (Lipinski definition) is 2. The van der Waals surface area contributed by atoms with Crippen molar-refractivity contribution in [2.45, 2.75) is 0 Å². The minimum atomic E-state index is -0.437. The Balaban J connectivity index is 1.81. The Morgan fingerprint density at radius 2 is 1.83 bits per heavy atom. The van der Waals surface area contributed by atoms with Gasteiger partial charge in [-0.3, -0.25) is 10.2 Å². The van der Waals surface area contributed by atoms with E-state index in [-0.39, 0.29) is 10.8 Å². The van der Waals surface area contributed by atoms with Gasteiger partial charge in [0.25, 0.3) is 5.56 Å². The summed E-state index contributed by atoms with van der Waals surface area (Å²) in [5.41, 5.74) is 3.97. The predicted molar refractivity (Wildman–Crippen MR) is 94.2 cm³/mol. The van der Waals surface area contributed by atoms with Gasteiger partial charge in [-0.15, -0.1) is 0 Å². The lowest BCUT2D eigenvalue weighted by molar-refractivity contribution is 0.475. The molecule has 0 aliphatic heterocycles. The third-order valence-corrected chi connectivity index (χ3v) is 3.58. The fourth-order valence-corrected chi connectivity index (χ4v) is 2.17. The van der Waals surface area contributed by atoms with Crippen LogP contribution in [0, 0.1) is 0 Å². The van der Waals surface area contributed by atoms with Crippen molar-refractivity contribution < 1.29 is 5.11 Å². The summed E-state index contributed by atoms with van der Waals surface area (Å²) in [6.45, 7) is 0. The lowest BCUT2D eigenvalue weighted by Gasteiger charge is -2.07. The first-order valence-electron chi connectivity index (χ1n) is 7.06. The van der Waals surface area contributed by atoms with Gasteiger partial charge in [-0.1, -0.05) is 29.8 Å². The molecule has 0 saturated carbocycles. The zero-order chi connectivity index (χ0) is 16.9. The zero-order valence-electron chi connectivity index (χ0n) is 12.4. The van der Waals surface area contributed by atoms with Crippen LogP contribution in [0.4, 0.5) is 5.69 Å². The number of benzene rings is 2. The highest BCUT2D eigenvalue weighted by Crippen LogP contribution is 2.16. The van der Waals surface area contributed by atoms with Crippen LogP contribution in [0.5, 0.6) is 5.75 Å². The van der Waals surface area contributed by atoms with E-state index >= 15 is 0 Å².